The monoisotopic (exact) mass is 342 g/mol. The molecule has 0 aliphatic carbocycles. The standard InChI is InChI=1S/C19H26N4O2/c1-14-16(11-20-21(14)3)12-22-9-10-23(15(2)24)18(13-22)17-7-5-6-8-19(17)25-4/h5-8,11,18H,9-10,12-13H2,1-4H3/t18-/m0/s1. The Morgan fingerprint density at radius 2 is 2.08 bits per heavy atom. The van der Waals surface area contributed by atoms with Gasteiger partial charge in [-0.05, 0) is 13.0 Å². The molecule has 134 valence electrons. The van der Waals surface area contributed by atoms with E-state index in [1.54, 1.807) is 14.0 Å². The number of piperazine rings is 1. The number of para-hydroxylation sites is 1. The summed E-state index contributed by atoms with van der Waals surface area (Å²) in [6, 6.07) is 7.97. The van der Waals surface area contributed by atoms with Crippen molar-refractivity contribution in [2.45, 2.75) is 26.4 Å². The second-order valence-electron chi connectivity index (χ2n) is 6.58. The van der Waals surface area contributed by atoms with Gasteiger partial charge in [0.05, 0.1) is 19.3 Å². The van der Waals surface area contributed by atoms with Gasteiger partial charge < -0.3 is 9.64 Å². The van der Waals surface area contributed by atoms with E-state index in [4.69, 9.17) is 4.74 Å². The van der Waals surface area contributed by atoms with Gasteiger partial charge in [0, 0.05) is 57.0 Å². The lowest BCUT2D eigenvalue weighted by Crippen LogP contribution is -2.49. The van der Waals surface area contributed by atoms with Gasteiger partial charge in [0.1, 0.15) is 5.75 Å². The molecule has 0 radical (unpaired) electrons. The number of carbonyl (C=O) groups excluding carboxylic acids is 1. The summed E-state index contributed by atoms with van der Waals surface area (Å²) in [4.78, 5) is 16.5. The molecular weight excluding hydrogens is 316 g/mol. The topological polar surface area (TPSA) is 50.6 Å². The largest absolute Gasteiger partial charge is 0.496 e. The number of rotatable bonds is 4. The number of amides is 1. The number of hydrogen-bond acceptors (Lipinski definition) is 4. The van der Waals surface area contributed by atoms with Crippen LogP contribution in [0.3, 0.4) is 0 Å². The molecule has 0 bridgehead atoms. The lowest BCUT2D eigenvalue weighted by molar-refractivity contribution is -0.134. The Kier molecular flexibility index (Phi) is 5.08. The third-order valence-electron chi connectivity index (χ3n) is 5.10. The highest BCUT2D eigenvalue weighted by Gasteiger charge is 2.31. The first-order valence-corrected chi connectivity index (χ1v) is 8.61. The lowest BCUT2D eigenvalue weighted by atomic mass is 10.0. The molecule has 0 N–H and O–H groups in total. The maximum atomic E-state index is 12.2. The van der Waals surface area contributed by atoms with Crippen LogP contribution in [0.2, 0.25) is 0 Å². The van der Waals surface area contributed by atoms with Crippen molar-refractivity contribution in [1.29, 1.82) is 0 Å². The van der Waals surface area contributed by atoms with E-state index in [9.17, 15) is 4.79 Å². The maximum Gasteiger partial charge on any atom is 0.220 e. The average Bonchev–Trinajstić information content (AvgIpc) is 2.93. The lowest BCUT2D eigenvalue weighted by Gasteiger charge is -2.41. The minimum absolute atomic E-state index is 0.000576. The normalized spacial score (nSPS) is 18.4. The summed E-state index contributed by atoms with van der Waals surface area (Å²) in [5.74, 6) is 0.936. The molecule has 25 heavy (non-hydrogen) atoms. The van der Waals surface area contributed by atoms with Gasteiger partial charge in [0.25, 0.3) is 0 Å². The summed E-state index contributed by atoms with van der Waals surface area (Å²) in [5, 5.41) is 4.33. The Balaban J connectivity index is 1.85. The summed E-state index contributed by atoms with van der Waals surface area (Å²) >= 11 is 0. The second-order valence-corrected chi connectivity index (χ2v) is 6.58. The SMILES string of the molecule is COc1ccccc1[C@@H]1CN(Cc2cnn(C)c2C)CCN1C(C)=O. The quantitative estimate of drug-likeness (QED) is 0.854. The molecule has 1 saturated heterocycles. The number of aromatic nitrogens is 2. The first kappa shape index (κ1) is 17.5. The van der Waals surface area contributed by atoms with Gasteiger partial charge in [0.2, 0.25) is 5.91 Å². The number of methoxy groups -OCH3 is 1. The highest BCUT2D eigenvalue weighted by molar-refractivity contribution is 5.74. The van der Waals surface area contributed by atoms with E-state index in [2.05, 4.69) is 23.0 Å². The molecule has 1 atom stereocenters. The van der Waals surface area contributed by atoms with Crippen molar-refractivity contribution in [3.05, 3.63) is 47.3 Å². The summed E-state index contributed by atoms with van der Waals surface area (Å²) < 4.78 is 7.43. The molecule has 1 aliphatic rings. The van der Waals surface area contributed by atoms with Gasteiger partial charge in [-0.15, -0.1) is 0 Å². The van der Waals surface area contributed by atoms with Crippen molar-refractivity contribution in [1.82, 2.24) is 19.6 Å². The van der Waals surface area contributed by atoms with Crippen molar-refractivity contribution in [2.75, 3.05) is 26.7 Å². The van der Waals surface area contributed by atoms with E-state index in [1.165, 1.54) is 11.3 Å². The van der Waals surface area contributed by atoms with Crippen LogP contribution in [0.25, 0.3) is 0 Å². The molecule has 1 fully saturated rings. The minimum atomic E-state index is -0.000576. The Hall–Kier alpha value is -2.34. The van der Waals surface area contributed by atoms with Crippen molar-refractivity contribution in [2.24, 2.45) is 7.05 Å². The third kappa shape index (κ3) is 3.54. The molecule has 3 rings (SSSR count). The van der Waals surface area contributed by atoms with Crippen LogP contribution >= 0.6 is 0 Å². The van der Waals surface area contributed by atoms with Crippen molar-refractivity contribution in [3.63, 3.8) is 0 Å². The fourth-order valence-electron chi connectivity index (χ4n) is 3.51. The third-order valence-corrected chi connectivity index (χ3v) is 5.10. The zero-order valence-corrected chi connectivity index (χ0v) is 15.4. The average molecular weight is 342 g/mol. The highest BCUT2D eigenvalue weighted by atomic mass is 16.5. The first-order valence-electron chi connectivity index (χ1n) is 8.61. The van der Waals surface area contributed by atoms with E-state index in [0.29, 0.717) is 0 Å². The summed E-state index contributed by atoms with van der Waals surface area (Å²) in [7, 11) is 3.64. The molecule has 0 saturated carbocycles. The maximum absolute atomic E-state index is 12.2. The van der Waals surface area contributed by atoms with Gasteiger partial charge in [-0.2, -0.15) is 5.10 Å². The van der Waals surface area contributed by atoms with Crippen molar-refractivity contribution >= 4 is 5.91 Å². The Bertz CT molecular complexity index is 756. The molecule has 1 amide bonds. The number of nitrogens with zero attached hydrogens (tertiary/aromatic N) is 4. The summed E-state index contributed by atoms with van der Waals surface area (Å²) in [5.41, 5.74) is 3.48. The second kappa shape index (κ2) is 7.27. The minimum Gasteiger partial charge on any atom is -0.496 e. The van der Waals surface area contributed by atoms with Crippen molar-refractivity contribution in [3.8, 4) is 5.75 Å². The Morgan fingerprint density at radius 1 is 1.32 bits per heavy atom. The van der Waals surface area contributed by atoms with E-state index in [0.717, 1.165) is 37.5 Å². The van der Waals surface area contributed by atoms with Crippen LogP contribution in [0.15, 0.2) is 30.5 Å². The molecule has 1 aliphatic heterocycles. The van der Waals surface area contributed by atoms with Gasteiger partial charge in [-0.3, -0.25) is 14.4 Å². The molecular formula is C19H26N4O2. The van der Waals surface area contributed by atoms with Crippen LogP contribution in [0.1, 0.15) is 29.8 Å². The summed E-state index contributed by atoms with van der Waals surface area (Å²) in [6.45, 7) is 6.94. The van der Waals surface area contributed by atoms with E-state index < -0.39 is 0 Å². The van der Waals surface area contributed by atoms with Gasteiger partial charge in [0.15, 0.2) is 0 Å². The smallest absolute Gasteiger partial charge is 0.220 e. The van der Waals surface area contributed by atoms with Crippen molar-refractivity contribution < 1.29 is 9.53 Å². The van der Waals surface area contributed by atoms with Crippen LogP contribution in [-0.4, -0.2) is 52.2 Å². The Morgan fingerprint density at radius 3 is 2.72 bits per heavy atom. The van der Waals surface area contributed by atoms with Gasteiger partial charge in [-0.25, -0.2) is 0 Å². The Labute approximate surface area is 149 Å². The number of hydrogen-bond donors (Lipinski definition) is 0. The highest BCUT2D eigenvalue weighted by Crippen LogP contribution is 2.32. The fourth-order valence-corrected chi connectivity index (χ4v) is 3.51. The van der Waals surface area contributed by atoms with Crippen LogP contribution < -0.4 is 4.74 Å². The predicted octanol–water partition coefficient (Wildman–Crippen LogP) is 2.14. The zero-order valence-electron chi connectivity index (χ0n) is 15.4. The molecule has 6 nitrogen and oxygen atoms in total. The van der Waals surface area contributed by atoms with Gasteiger partial charge in [-0.1, -0.05) is 18.2 Å². The van der Waals surface area contributed by atoms with E-state index in [1.807, 2.05) is 41.0 Å². The van der Waals surface area contributed by atoms with Crippen LogP contribution in [0, 0.1) is 6.92 Å². The first-order chi connectivity index (χ1) is 12.0. The predicted molar refractivity (Wildman–Crippen MR) is 96.3 cm³/mol. The molecule has 0 spiro atoms. The zero-order chi connectivity index (χ0) is 18.0. The number of ether oxygens (including phenoxy) is 1. The van der Waals surface area contributed by atoms with Crippen LogP contribution in [0.5, 0.6) is 5.75 Å². The van der Waals surface area contributed by atoms with Crippen LogP contribution in [-0.2, 0) is 18.4 Å². The van der Waals surface area contributed by atoms with Crippen LogP contribution in [0.4, 0.5) is 0 Å². The molecule has 2 aromatic rings. The molecule has 6 heteroatoms. The number of carbonyl (C=O) groups is 1. The molecule has 2 heterocycles. The van der Waals surface area contributed by atoms with E-state index >= 15 is 0 Å². The molecule has 1 aromatic carbocycles. The van der Waals surface area contributed by atoms with E-state index in [-0.39, 0.29) is 11.9 Å². The van der Waals surface area contributed by atoms with Gasteiger partial charge >= 0.3 is 0 Å². The molecule has 1 aromatic heterocycles. The number of benzene rings is 1. The number of aryl methyl sites for hydroxylation is 1. The molecule has 0 unspecified atom stereocenters. The summed E-state index contributed by atoms with van der Waals surface area (Å²) in [6.07, 6.45) is 1.94. The fraction of sp³-hybridized carbons (Fsp3) is 0.474.